The van der Waals surface area contributed by atoms with E-state index in [0.717, 1.165) is 17.2 Å². The molecule has 1 aromatic heterocycles. The van der Waals surface area contributed by atoms with Crippen LogP contribution < -0.4 is 10.1 Å². The van der Waals surface area contributed by atoms with E-state index < -0.39 is 0 Å². The zero-order valence-corrected chi connectivity index (χ0v) is 16.4. The van der Waals surface area contributed by atoms with E-state index >= 15 is 0 Å². The molecule has 1 heterocycles. The molecule has 0 radical (unpaired) electrons. The summed E-state index contributed by atoms with van der Waals surface area (Å²) in [6.07, 6.45) is 2.04. The predicted octanol–water partition coefficient (Wildman–Crippen LogP) is 2.90. The molecule has 2 aromatic rings. The van der Waals surface area contributed by atoms with Crippen molar-refractivity contribution in [3.05, 3.63) is 47.0 Å². The van der Waals surface area contributed by atoms with Crippen LogP contribution in [0.2, 0.25) is 0 Å². The number of nitrogens with one attached hydrogen (secondary N) is 1. The highest BCUT2D eigenvalue weighted by atomic mass is 19.1. The molecule has 1 aromatic carbocycles. The fourth-order valence-electron chi connectivity index (χ4n) is 2.88. The number of rotatable bonds is 6. The van der Waals surface area contributed by atoms with Crippen molar-refractivity contribution in [2.75, 3.05) is 21.2 Å². The van der Waals surface area contributed by atoms with Gasteiger partial charge in [-0.1, -0.05) is 19.9 Å². The van der Waals surface area contributed by atoms with Crippen LogP contribution in [-0.4, -0.2) is 41.8 Å². The smallest absolute Gasteiger partial charge is 0.193 e. The molecular weight excluding hydrogens is 333 g/mol. The molecule has 0 fully saturated rings. The van der Waals surface area contributed by atoms with E-state index in [1.807, 2.05) is 35.9 Å². The lowest BCUT2D eigenvalue weighted by Crippen LogP contribution is -2.38. The van der Waals surface area contributed by atoms with Crippen molar-refractivity contribution < 1.29 is 9.13 Å². The second kappa shape index (κ2) is 8.69. The molecule has 0 unspecified atom stereocenters. The highest BCUT2D eigenvalue weighted by molar-refractivity contribution is 5.79. The van der Waals surface area contributed by atoms with Crippen LogP contribution in [-0.2, 0) is 20.1 Å². The van der Waals surface area contributed by atoms with Crippen molar-refractivity contribution >= 4 is 5.96 Å². The predicted molar refractivity (Wildman–Crippen MR) is 102 cm³/mol. The lowest BCUT2D eigenvalue weighted by molar-refractivity contribution is 0.386. The number of guanidine groups is 1. The first-order chi connectivity index (χ1) is 12.3. The Balaban J connectivity index is 2.03. The summed E-state index contributed by atoms with van der Waals surface area (Å²) in [7, 11) is 7.10. The minimum absolute atomic E-state index is 0.244. The van der Waals surface area contributed by atoms with Crippen LogP contribution in [0.3, 0.4) is 0 Å². The molecule has 1 N–H and O–H groups in total. The highest BCUT2D eigenvalue weighted by Gasteiger charge is 2.15. The Morgan fingerprint density at radius 1 is 1.42 bits per heavy atom. The number of nitrogens with zero attached hydrogens (tertiary/aromatic N) is 4. The van der Waals surface area contributed by atoms with Crippen LogP contribution in [0.25, 0.3) is 0 Å². The minimum Gasteiger partial charge on any atom is -0.494 e. The van der Waals surface area contributed by atoms with E-state index in [2.05, 4.69) is 29.3 Å². The molecular formula is C19H28FN5O. The SMILES string of the molecule is CN=C(NCc1ccc(OC)c(F)c1)N(C)Cc1cn(C)nc1C(C)C. The molecule has 0 bridgehead atoms. The Kier molecular flexibility index (Phi) is 6.60. The Morgan fingerprint density at radius 2 is 2.15 bits per heavy atom. The second-order valence-electron chi connectivity index (χ2n) is 6.59. The first kappa shape index (κ1) is 19.8. The average Bonchev–Trinajstić information content (AvgIpc) is 2.96. The number of aryl methyl sites for hydroxylation is 1. The van der Waals surface area contributed by atoms with Gasteiger partial charge in [-0.15, -0.1) is 0 Å². The molecule has 142 valence electrons. The van der Waals surface area contributed by atoms with E-state index in [-0.39, 0.29) is 11.6 Å². The summed E-state index contributed by atoms with van der Waals surface area (Å²) in [6.45, 7) is 5.44. The van der Waals surface area contributed by atoms with Crippen molar-refractivity contribution in [1.29, 1.82) is 0 Å². The number of benzene rings is 1. The summed E-state index contributed by atoms with van der Waals surface area (Å²) in [6, 6.07) is 4.93. The average molecular weight is 361 g/mol. The number of methoxy groups -OCH3 is 1. The summed E-state index contributed by atoms with van der Waals surface area (Å²) in [5.41, 5.74) is 3.08. The molecule has 26 heavy (non-hydrogen) atoms. The summed E-state index contributed by atoms with van der Waals surface area (Å²) < 4.78 is 20.6. The van der Waals surface area contributed by atoms with E-state index in [4.69, 9.17) is 4.74 Å². The third-order valence-corrected chi connectivity index (χ3v) is 4.13. The topological polar surface area (TPSA) is 54.7 Å². The molecule has 0 atom stereocenters. The first-order valence-corrected chi connectivity index (χ1v) is 8.62. The molecule has 7 heteroatoms. The van der Waals surface area contributed by atoms with Crippen LogP contribution >= 0.6 is 0 Å². The van der Waals surface area contributed by atoms with Gasteiger partial charge in [0.15, 0.2) is 17.5 Å². The van der Waals surface area contributed by atoms with Gasteiger partial charge in [0, 0.05) is 46.0 Å². The van der Waals surface area contributed by atoms with Gasteiger partial charge in [-0.25, -0.2) is 4.39 Å². The van der Waals surface area contributed by atoms with E-state index in [0.29, 0.717) is 19.0 Å². The van der Waals surface area contributed by atoms with Gasteiger partial charge in [0.1, 0.15) is 0 Å². The fraction of sp³-hybridized carbons (Fsp3) is 0.474. The molecule has 0 saturated carbocycles. The van der Waals surface area contributed by atoms with Gasteiger partial charge in [0.05, 0.1) is 12.8 Å². The Morgan fingerprint density at radius 3 is 2.73 bits per heavy atom. The van der Waals surface area contributed by atoms with E-state index in [1.54, 1.807) is 13.1 Å². The third-order valence-electron chi connectivity index (χ3n) is 4.13. The summed E-state index contributed by atoms with van der Waals surface area (Å²) >= 11 is 0. The van der Waals surface area contributed by atoms with Gasteiger partial charge < -0.3 is 15.0 Å². The molecule has 6 nitrogen and oxygen atoms in total. The highest BCUT2D eigenvalue weighted by Crippen LogP contribution is 2.19. The van der Waals surface area contributed by atoms with Gasteiger partial charge in [0.25, 0.3) is 0 Å². The second-order valence-corrected chi connectivity index (χ2v) is 6.59. The number of halogens is 1. The van der Waals surface area contributed by atoms with Crippen molar-refractivity contribution in [2.45, 2.75) is 32.9 Å². The van der Waals surface area contributed by atoms with Gasteiger partial charge in [-0.2, -0.15) is 5.10 Å². The molecule has 0 aliphatic heterocycles. The lowest BCUT2D eigenvalue weighted by Gasteiger charge is -2.22. The summed E-state index contributed by atoms with van der Waals surface area (Å²) in [4.78, 5) is 6.35. The number of ether oxygens (including phenoxy) is 1. The zero-order valence-electron chi connectivity index (χ0n) is 16.4. The Bertz CT molecular complexity index is 769. The van der Waals surface area contributed by atoms with Crippen molar-refractivity contribution in [2.24, 2.45) is 12.0 Å². The number of hydrogen-bond acceptors (Lipinski definition) is 3. The quantitative estimate of drug-likeness (QED) is 0.635. The Hall–Kier alpha value is -2.57. The van der Waals surface area contributed by atoms with Crippen LogP contribution in [0.5, 0.6) is 5.75 Å². The summed E-state index contributed by atoms with van der Waals surface area (Å²) in [5.74, 6) is 0.969. The number of aliphatic imine (C=N–C) groups is 1. The van der Waals surface area contributed by atoms with Gasteiger partial charge in [-0.05, 0) is 23.6 Å². The number of hydrogen-bond donors (Lipinski definition) is 1. The molecule has 0 spiro atoms. The number of aromatic nitrogens is 2. The minimum atomic E-state index is -0.368. The summed E-state index contributed by atoms with van der Waals surface area (Å²) in [5, 5.41) is 7.81. The molecule has 0 aliphatic carbocycles. The van der Waals surface area contributed by atoms with Crippen molar-refractivity contribution in [1.82, 2.24) is 20.0 Å². The maximum atomic E-state index is 13.8. The van der Waals surface area contributed by atoms with Crippen molar-refractivity contribution in [3.63, 3.8) is 0 Å². The van der Waals surface area contributed by atoms with Crippen LogP contribution in [0.15, 0.2) is 29.4 Å². The Labute approximate surface area is 154 Å². The third kappa shape index (κ3) is 4.74. The normalized spacial score (nSPS) is 11.8. The van der Waals surface area contributed by atoms with Crippen LogP contribution in [0, 0.1) is 5.82 Å². The van der Waals surface area contributed by atoms with Gasteiger partial charge >= 0.3 is 0 Å². The standard InChI is InChI=1S/C19H28FN5O/c1-13(2)18-15(12-25(5)23-18)11-24(4)19(21-3)22-10-14-7-8-17(26-6)16(20)9-14/h7-9,12-13H,10-11H2,1-6H3,(H,21,22). The first-order valence-electron chi connectivity index (χ1n) is 8.62. The van der Waals surface area contributed by atoms with Crippen molar-refractivity contribution in [3.8, 4) is 5.75 Å². The van der Waals surface area contributed by atoms with Gasteiger partial charge in [0.2, 0.25) is 0 Å². The van der Waals surface area contributed by atoms with E-state index in [9.17, 15) is 4.39 Å². The fourth-order valence-corrected chi connectivity index (χ4v) is 2.88. The van der Waals surface area contributed by atoms with Crippen LogP contribution in [0.1, 0.15) is 36.6 Å². The molecule has 0 amide bonds. The maximum Gasteiger partial charge on any atom is 0.193 e. The molecule has 0 aliphatic rings. The zero-order chi connectivity index (χ0) is 19.3. The van der Waals surface area contributed by atoms with E-state index in [1.165, 1.54) is 18.7 Å². The van der Waals surface area contributed by atoms with Crippen LogP contribution in [0.4, 0.5) is 4.39 Å². The van der Waals surface area contributed by atoms with Gasteiger partial charge in [-0.3, -0.25) is 9.67 Å². The monoisotopic (exact) mass is 361 g/mol. The maximum absolute atomic E-state index is 13.8. The molecule has 0 saturated heterocycles. The lowest BCUT2D eigenvalue weighted by atomic mass is 10.1. The molecule has 2 rings (SSSR count). The largest absolute Gasteiger partial charge is 0.494 e.